The van der Waals surface area contributed by atoms with E-state index in [1.165, 1.54) is 16.7 Å². The smallest absolute Gasteiger partial charge is 0.149 e. The van der Waals surface area contributed by atoms with Gasteiger partial charge in [0.1, 0.15) is 22.6 Å². The van der Waals surface area contributed by atoms with Crippen molar-refractivity contribution in [3.63, 3.8) is 0 Å². The fraction of sp³-hybridized carbons (Fsp3) is 0.111. The highest BCUT2D eigenvalue weighted by Gasteiger charge is 2.56. The molecule has 3 heterocycles. The van der Waals surface area contributed by atoms with E-state index < -0.39 is 0 Å². The molecule has 3 heteroatoms. The molecule has 2 aliphatic carbocycles. The molecule has 1 aromatic rings. The van der Waals surface area contributed by atoms with Crippen LogP contribution in [0.25, 0.3) is 0 Å². The second kappa shape index (κ2) is 2.98. The number of hydrogen-bond donors (Lipinski definition) is 0. The standard InChI is InChI=1S/C18H10N2O/c1-2-10-9-13-12-8-11-4-6-20-16(11)17-18(12,5-7-19-13)15(10)14(3-1)21-17/h1-8H,9H2. The summed E-state index contributed by atoms with van der Waals surface area (Å²) in [6.45, 7) is 0. The molecule has 5 aliphatic rings. The van der Waals surface area contributed by atoms with E-state index in [2.05, 4.69) is 40.3 Å². The van der Waals surface area contributed by atoms with Crippen LogP contribution in [0, 0.1) is 0 Å². The molecular weight excluding hydrogens is 260 g/mol. The van der Waals surface area contributed by atoms with Crippen LogP contribution in [-0.4, -0.2) is 11.9 Å². The molecule has 1 atom stereocenters. The highest BCUT2D eigenvalue weighted by molar-refractivity contribution is 6.10. The Morgan fingerprint density at radius 3 is 3.24 bits per heavy atom. The van der Waals surface area contributed by atoms with E-state index in [1.54, 1.807) is 0 Å². The summed E-state index contributed by atoms with van der Waals surface area (Å²) in [5.74, 6) is 1.92. The van der Waals surface area contributed by atoms with Crippen molar-refractivity contribution in [3.05, 3.63) is 76.4 Å². The Balaban J connectivity index is 1.85. The molecule has 0 N–H and O–H groups in total. The van der Waals surface area contributed by atoms with Gasteiger partial charge in [-0.25, -0.2) is 0 Å². The maximum absolute atomic E-state index is 6.27. The Morgan fingerprint density at radius 2 is 2.24 bits per heavy atom. The highest BCUT2D eigenvalue weighted by Crippen LogP contribution is 2.60. The van der Waals surface area contributed by atoms with Gasteiger partial charge in [0.15, 0.2) is 0 Å². The third kappa shape index (κ3) is 0.924. The zero-order chi connectivity index (χ0) is 13.6. The van der Waals surface area contributed by atoms with Crippen LogP contribution in [-0.2, 0) is 11.8 Å². The Morgan fingerprint density at radius 1 is 1.24 bits per heavy atom. The third-order valence-electron chi connectivity index (χ3n) is 4.97. The molecule has 0 saturated heterocycles. The number of nitrogens with zero attached hydrogens (tertiary/aromatic N) is 2. The van der Waals surface area contributed by atoms with Gasteiger partial charge in [0.2, 0.25) is 0 Å². The molecule has 2 bridgehead atoms. The number of ether oxygens (including phenoxy) is 1. The van der Waals surface area contributed by atoms with Gasteiger partial charge < -0.3 is 4.74 Å². The van der Waals surface area contributed by atoms with Crippen LogP contribution >= 0.6 is 0 Å². The van der Waals surface area contributed by atoms with E-state index in [-0.39, 0.29) is 5.41 Å². The molecular formula is C18H10N2O. The van der Waals surface area contributed by atoms with E-state index in [4.69, 9.17) is 4.74 Å². The Bertz CT molecular complexity index is 940. The van der Waals surface area contributed by atoms with Crippen LogP contribution < -0.4 is 4.74 Å². The molecule has 98 valence electrons. The van der Waals surface area contributed by atoms with Gasteiger partial charge in [-0.05, 0) is 35.4 Å². The Kier molecular flexibility index (Phi) is 1.44. The number of hydrogen-bond acceptors (Lipinski definition) is 3. The normalized spacial score (nSPS) is 28.7. The molecule has 21 heavy (non-hydrogen) atoms. The van der Waals surface area contributed by atoms with Crippen molar-refractivity contribution in [2.45, 2.75) is 11.8 Å². The lowest BCUT2D eigenvalue weighted by Gasteiger charge is -2.39. The van der Waals surface area contributed by atoms with Crippen molar-refractivity contribution >= 4 is 11.9 Å². The van der Waals surface area contributed by atoms with Crippen LogP contribution in [0.15, 0.2) is 75.2 Å². The minimum atomic E-state index is -0.296. The average molecular weight is 270 g/mol. The van der Waals surface area contributed by atoms with Gasteiger partial charge in [-0.3, -0.25) is 9.98 Å². The summed E-state index contributed by atoms with van der Waals surface area (Å²) in [4.78, 5) is 9.15. The van der Waals surface area contributed by atoms with Crippen molar-refractivity contribution < 1.29 is 4.74 Å². The second-order valence-electron chi connectivity index (χ2n) is 5.90. The summed E-state index contributed by atoms with van der Waals surface area (Å²) in [6.07, 6.45) is 11.1. The Labute approximate surface area is 121 Å². The molecule has 3 nitrogen and oxygen atoms in total. The lowest BCUT2D eigenvalue weighted by atomic mass is 9.62. The van der Waals surface area contributed by atoms with Gasteiger partial charge in [0.25, 0.3) is 0 Å². The fourth-order valence-electron chi connectivity index (χ4n) is 4.16. The first-order valence-corrected chi connectivity index (χ1v) is 7.14. The first kappa shape index (κ1) is 10.1. The van der Waals surface area contributed by atoms with Crippen molar-refractivity contribution in [1.82, 2.24) is 0 Å². The minimum Gasteiger partial charge on any atom is -0.457 e. The van der Waals surface area contributed by atoms with Crippen LogP contribution in [0.4, 0.5) is 0 Å². The van der Waals surface area contributed by atoms with Crippen LogP contribution in [0.2, 0.25) is 0 Å². The zero-order valence-electron chi connectivity index (χ0n) is 11.1. The number of benzene rings is 1. The molecule has 0 radical (unpaired) electrons. The lowest BCUT2D eigenvalue weighted by Crippen LogP contribution is -2.40. The van der Waals surface area contributed by atoms with Crippen molar-refractivity contribution in [3.8, 4) is 5.75 Å². The molecule has 1 spiro atoms. The summed E-state index contributed by atoms with van der Waals surface area (Å²) in [7, 11) is 0. The van der Waals surface area contributed by atoms with Crippen LogP contribution in [0.1, 0.15) is 11.1 Å². The van der Waals surface area contributed by atoms with E-state index in [0.29, 0.717) is 0 Å². The van der Waals surface area contributed by atoms with Gasteiger partial charge in [-0.1, -0.05) is 12.1 Å². The monoisotopic (exact) mass is 270 g/mol. The van der Waals surface area contributed by atoms with Crippen molar-refractivity contribution in [2.24, 2.45) is 9.98 Å². The molecule has 0 fully saturated rings. The van der Waals surface area contributed by atoms with E-state index in [1.807, 2.05) is 18.5 Å². The fourth-order valence-corrected chi connectivity index (χ4v) is 4.16. The number of aliphatic imine (C=N–C) groups is 2. The predicted octanol–water partition coefficient (Wildman–Crippen LogP) is 3.00. The predicted molar refractivity (Wildman–Crippen MR) is 80.7 cm³/mol. The lowest BCUT2D eigenvalue weighted by molar-refractivity contribution is 0.407. The van der Waals surface area contributed by atoms with Crippen LogP contribution in [0.5, 0.6) is 5.75 Å². The highest BCUT2D eigenvalue weighted by atomic mass is 16.5. The van der Waals surface area contributed by atoms with Crippen LogP contribution in [0.3, 0.4) is 0 Å². The molecule has 0 amide bonds. The number of rotatable bonds is 0. The average Bonchev–Trinajstić information content (AvgIpc) is 3.06. The second-order valence-corrected chi connectivity index (χ2v) is 5.90. The zero-order valence-corrected chi connectivity index (χ0v) is 11.1. The van der Waals surface area contributed by atoms with Gasteiger partial charge >= 0.3 is 0 Å². The number of fused-ring (bicyclic) bond motifs is 1. The Hall–Kier alpha value is -2.68. The van der Waals surface area contributed by atoms with Gasteiger partial charge in [-0.2, -0.15) is 0 Å². The largest absolute Gasteiger partial charge is 0.457 e. The molecule has 3 aliphatic heterocycles. The molecule has 6 rings (SSSR count). The summed E-state index contributed by atoms with van der Waals surface area (Å²) in [5, 5.41) is 0. The summed E-state index contributed by atoms with van der Waals surface area (Å²) < 4.78 is 6.27. The first-order valence-electron chi connectivity index (χ1n) is 7.14. The summed E-state index contributed by atoms with van der Waals surface area (Å²) >= 11 is 0. The summed E-state index contributed by atoms with van der Waals surface area (Å²) in [5.41, 5.74) is 6.82. The van der Waals surface area contributed by atoms with E-state index in [9.17, 15) is 0 Å². The SMILES string of the molecule is C1=CC23C4=CC5=CC=NC5=C2Oc2cccc(c23)CC4=N1. The summed E-state index contributed by atoms with van der Waals surface area (Å²) in [6, 6.07) is 6.31. The molecule has 1 aromatic carbocycles. The molecule has 1 unspecified atom stereocenters. The topological polar surface area (TPSA) is 34.0 Å². The molecule has 0 aromatic heterocycles. The van der Waals surface area contributed by atoms with Crippen molar-refractivity contribution in [2.75, 3.05) is 0 Å². The van der Waals surface area contributed by atoms with Gasteiger partial charge in [0.05, 0.1) is 0 Å². The van der Waals surface area contributed by atoms with E-state index >= 15 is 0 Å². The van der Waals surface area contributed by atoms with E-state index in [0.717, 1.165) is 34.9 Å². The maximum atomic E-state index is 6.27. The first-order chi connectivity index (χ1) is 10.4. The van der Waals surface area contributed by atoms with Gasteiger partial charge in [0, 0.05) is 35.7 Å². The molecule has 0 saturated carbocycles. The quantitative estimate of drug-likeness (QED) is 0.713. The van der Waals surface area contributed by atoms with Crippen molar-refractivity contribution in [1.29, 1.82) is 0 Å². The number of allylic oxidation sites excluding steroid dienone is 3. The third-order valence-corrected chi connectivity index (χ3v) is 4.97. The van der Waals surface area contributed by atoms with Gasteiger partial charge in [-0.15, -0.1) is 0 Å². The maximum Gasteiger partial charge on any atom is 0.149 e. The minimum absolute atomic E-state index is 0.296.